The predicted molar refractivity (Wildman–Crippen MR) is 86.1 cm³/mol. The molecule has 0 N–H and O–H groups in total. The fraction of sp³-hybridized carbons (Fsp3) is 0.750. The summed E-state index contributed by atoms with van der Waals surface area (Å²) in [6.45, 7) is 3.91. The van der Waals surface area contributed by atoms with Crippen LogP contribution in [0.3, 0.4) is 0 Å². The Morgan fingerprint density at radius 3 is 2.74 bits per heavy atom. The number of amides is 2. The molecule has 6 nitrogen and oxygen atoms in total. The second-order valence-electron chi connectivity index (χ2n) is 7.11. The van der Waals surface area contributed by atoms with E-state index in [0.29, 0.717) is 29.6 Å². The smallest absolute Gasteiger partial charge is 0.267 e. The van der Waals surface area contributed by atoms with Crippen molar-refractivity contribution in [2.75, 3.05) is 19.6 Å². The lowest BCUT2D eigenvalue weighted by Gasteiger charge is -2.40. The highest BCUT2D eigenvalue weighted by atomic mass is 32.1. The Balaban J connectivity index is 1.53. The molecule has 0 radical (unpaired) electrons. The molecule has 0 spiro atoms. The SMILES string of the molecule is Cc1nnsc1C(=O)N1C[C@@H]2CC[C@H](C1)N(CC1CCC1)C2=O. The van der Waals surface area contributed by atoms with Crippen LogP contribution in [-0.2, 0) is 4.79 Å². The van der Waals surface area contributed by atoms with E-state index in [1.165, 1.54) is 19.3 Å². The third-order valence-electron chi connectivity index (χ3n) is 5.61. The minimum atomic E-state index is -0.0287. The molecule has 0 unspecified atom stereocenters. The first-order valence-corrected chi connectivity index (χ1v) is 9.29. The van der Waals surface area contributed by atoms with E-state index in [4.69, 9.17) is 0 Å². The number of rotatable bonds is 3. The first-order chi connectivity index (χ1) is 11.1. The van der Waals surface area contributed by atoms with Crippen LogP contribution in [-0.4, -0.2) is 56.9 Å². The number of aromatic nitrogens is 2. The Morgan fingerprint density at radius 2 is 2.09 bits per heavy atom. The van der Waals surface area contributed by atoms with E-state index in [9.17, 15) is 9.59 Å². The zero-order valence-electron chi connectivity index (χ0n) is 13.4. The van der Waals surface area contributed by atoms with Crippen molar-refractivity contribution in [2.45, 2.75) is 45.1 Å². The maximum Gasteiger partial charge on any atom is 0.267 e. The minimum Gasteiger partial charge on any atom is -0.337 e. The van der Waals surface area contributed by atoms with Crippen LogP contribution >= 0.6 is 11.5 Å². The lowest BCUT2D eigenvalue weighted by molar-refractivity contribution is -0.141. The van der Waals surface area contributed by atoms with Gasteiger partial charge < -0.3 is 9.80 Å². The van der Waals surface area contributed by atoms with Crippen molar-refractivity contribution >= 4 is 23.3 Å². The Bertz CT molecular complexity index is 627. The summed E-state index contributed by atoms with van der Waals surface area (Å²) >= 11 is 1.16. The number of hydrogen-bond donors (Lipinski definition) is 0. The molecule has 3 saturated heterocycles. The molecule has 3 aliphatic heterocycles. The third-order valence-corrected chi connectivity index (χ3v) is 6.42. The van der Waals surface area contributed by atoms with Gasteiger partial charge in [0.1, 0.15) is 4.88 Å². The van der Waals surface area contributed by atoms with Crippen LogP contribution in [0.25, 0.3) is 0 Å². The van der Waals surface area contributed by atoms with Gasteiger partial charge in [-0.25, -0.2) is 0 Å². The third kappa shape index (κ3) is 2.65. The van der Waals surface area contributed by atoms with Crippen molar-refractivity contribution in [1.82, 2.24) is 19.4 Å². The van der Waals surface area contributed by atoms with Gasteiger partial charge >= 0.3 is 0 Å². The van der Waals surface area contributed by atoms with Gasteiger partial charge in [0.05, 0.1) is 11.6 Å². The molecule has 2 atom stereocenters. The van der Waals surface area contributed by atoms with Gasteiger partial charge in [-0.1, -0.05) is 10.9 Å². The molecule has 1 aromatic rings. The molecule has 4 heterocycles. The van der Waals surface area contributed by atoms with Crippen LogP contribution < -0.4 is 0 Å². The summed E-state index contributed by atoms with van der Waals surface area (Å²) in [4.78, 5) is 30.1. The summed E-state index contributed by atoms with van der Waals surface area (Å²) in [6, 6.07) is 0.187. The summed E-state index contributed by atoms with van der Waals surface area (Å²) in [5.74, 6) is 0.907. The van der Waals surface area contributed by atoms with Crippen LogP contribution in [0.15, 0.2) is 0 Å². The fourth-order valence-corrected chi connectivity index (χ4v) is 4.60. The minimum absolute atomic E-state index is 0.00676. The molecule has 1 saturated carbocycles. The van der Waals surface area contributed by atoms with E-state index in [1.54, 1.807) is 0 Å². The molecule has 0 aromatic carbocycles. The van der Waals surface area contributed by atoms with E-state index in [2.05, 4.69) is 14.5 Å². The molecule has 1 aliphatic carbocycles. The molecule has 4 aliphatic rings. The van der Waals surface area contributed by atoms with Crippen LogP contribution in [0.2, 0.25) is 0 Å². The van der Waals surface area contributed by atoms with Gasteiger partial charge in [-0.05, 0) is 50.1 Å². The van der Waals surface area contributed by atoms with Crippen molar-refractivity contribution in [3.63, 3.8) is 0 Å². The van der Waals surface area contributed by atoms with Gasteiger partial charge in [0.25, 0.3) is 5.91 Å². The predicted octanol–water partition coefficient (Wildman–Crippen LogP) is 1.71. The van der Waals surface area contributed by atoms with Gasteiger partial charge in [-0.2, -0.15) is 0 Å². The van der Waals surface area contributed by atoms with Crippen LogP contribution in [0.4, 0.5) is 0 Å². The van der Waals surface area contributed by atoms with Gasteiger partial charge in [0.2, 0.25) is 5.91 Å². The zero-order valence-corrected chi connectivity index (χ0v) is 14.2. The highest BCUT2D eigenvalue weighted by Crippen LogP contribution is 2.34. The Morgan fingerprint density at radius 1 is 1.26 bits per heavy atom. The lowest BCUT2D eigenvalue weighted by Crippen LogP contribution is -2.50. The maximum absolute atomic E-state index is 12.8. The van der Waals surface area contributed by atoms with Crippen molar-refractivity contribution in [2.24, 2.45) is 11.8 Å². The molecule has 5 rings (SSSR count). The zero-order chi connectivity index (χ0) is 16.0. The topological polar surface area (TPSA) is 66.4 Å². The number of fused-ring (bicyclic) bond motifs is 4. The molecule has 7 heteroatoms. The second-order valence-corrected chi connectivity index (χ2v) is 7.87. The van der Waals surface area contributed by atoms with Gasteiger partial charge in [0.15, 0.2) is 0 Å². The Kier molecular flexibility index (Phi) is 3.83. The molecule has 1 aromatic heterocycles. The number of aryl methyl sites for hydroxylation is 1. The molecule has 2 amide bonds. The summed E-state index contributed by atoms with van der Waals surface area (Å²) in [6.07, 6.45) is 5.72. The van der Waals surface area contributed by atoms with Crippen LogP contribution in [0.1, 0.15) is 47.5 Å². The van der Waals surface area contributed by atoms with Crippen molar-refractivity contribution in [3.8, 4) is 0 Å². The van der Waals surface area contributed by atoms with Crippen molar-refractivity contribution < 1.29 is 9.59 Å². The molecule has 4 fully saturated rings. The molecule has 2 bridgehead atoms. The lowest BCUT2D eigenvalue weighted by atomic mass is 9.83. The van der Waals surface area contributed by atoms with E-state index < -0.39 is 0 Å². The van der Waals surface area contributed by atoms with E-state index in [-0.39, 0.29) is 23.8 Å². The highest BCUT2D eigenvalue weighted by molar-refractivity contribution is 7.07. The quantitative estimate of drug-likeness (QED) is 0.844. The summed E-state index contributed by atoms with van der Waals surface area (Å²) in [7, 11) is 0. The number of piperidine rings is 1. The van der Waals surface area contributed by atoms with Gasteiger partial charge in [-0.15, -0.1) is 5.10 Å². The van der Waals surface area contributed by atoms with E-state index in [0.717, 1.165) is 30.9 Å². The summed E-state index contributed by atoms with van der Waals surface area (Å²) in [5.41, 5.74) is 0.689. The number of carbonyl (C=O) groups excluding carboxylic acids is 2. The molecule has 23 heavy (non-hydrogen) atoms. The van der Waals surface area contributed by atoms with E-state index >= 15 is 0 Å². The Labute approximate surface area is 140 Å². The molecular formula is C16H22N4O2S. The fourth-order valence-electron chi connectivity index (χ4n) is 3.97. The largest absolute Gasteiger partial charge is 0.337 e. The Hall–Kier alpha value is -1.50. The van der Waals surface area contributed by atoms with Crippen molar-refractivity contribution in [3.05, 3.63) is 10.6 Å². The summed E-state index contributed by atoms with van der Waals surface area (Å²) < 4.78 is 3.87. The second kappa shape index (κ2) is 5.85. The normalized spacial score (nSPS) is 28.0. The monoisotopic (exact) mass is 334 g/mol. The maximum atomic E-state index is 12.8. The summed E-state index contributed by atoms with van der Waals surface area (Å²) in [5, 5.41) is 3.94. The van der Waals surface area contributed by atoms with E-state index in [1.807, 2.05) is 11.8 Å². The number of hydrogen-bond acceptors (Lipinski definition) is 5. The van der Waals surface area contributed by atoms with Crippen LogP contribution in [0.5, 0.6) is 0 Å². The standard InChI is InChI=1S/C16H22N4O2S/c1-10-14(23-18-17-10)16(22)19-8-12-5-6-13(9-19)20(15(12)21)7-11-3-2-4-11/h11-13H,2-9H2,1H3/t12-,13+/m0/s1. The van der Waals surface area contributed by atoms with Crippen molar-refractivity contribution in [1.29, 1.82) is 0 Å². The van der Waals surface area contributed by atoms with Gasteiger partial charge in [0, 0.05) is 25.7 Å². The highest BCUT2D eigenvalue weighted by Gasteiger charge is 2.43. The molecular weight excluding hydrogens is 312 g/mol. The van der Waals surface area contributed by atoms with Gasteiger partial charge in [-0.3, -0.25) is 9.59 Å². The average Bonchev–Trinajstić information content (AvgIpc) is 2.74. The average molecular weight is 334 g/mol. The van der Waals surface area contributed by atoms with Crippen LogP contribution in [0, 0.1) is 18.8 Å². The molecule has 124 valence electrons. The first kappa shape index (κ1) is 15.1. The number of carbonyl (C=O) groups is 2. The number of nitrogens with zero attached hydrogens (tertiary/aromatic N) is 4. The first-order valence-electron chi connectivity index (χ1n) is 8.52.